The molecule has 6 heteroatoms. The van der Waals surface area contributed by atoms with Gasteiger partial charge < -0.3 is 5.32 Å². The van der Waals surface area contributed by atoms with Crippen molar-refractivity contribution in [3.8, 4) is 0 Å². The quantitative estimate of drug-likeness (QED) is 0.599. The van der Waals surface area contributed by atoms with E-state index >= 15 is 0 Å². The molecular formula is C14H29N3O2S. The van der Waals surface area contributed by atoms with Crippen LogP contribution < -0.4 is 10.0 Å². The van der Waals surface area contributed by atoms with Crippen molar-refractivity contribution in [1.29, 1.82) is 0 Å². The van der Waals surface area contributed by atoms with E-state index in [2.05, 4.69) is 23.9 Å². The zero-order chi connectivity index (χ0) is 14.8. The van der Waals surface area contributed by atoms with E-state index in [1.807, 2.05) is 0 Å². The number of nitrogens with one attached hydrogen (secondary N) is 2. The van der Waals surface area contributed by atoms with E-state index < -0.39 is 10.2 Å². The number of hydrogen-bond donors (Lipinski definition) is 2. The highest BCUT2D eigenvalue weighted by molar-refractivity contribution is 7.87. The maximum atomic E-state index is 12.2. The molecular weight excluding hydrogens is 274 g/mol. The van der Waals surface area contributed by atoms with E-state index in [9.17, 15) is 8.42 Å². The lowest BCUT2D eigenvalue weighted by atomic mass is 9.93. The van der Waals surface area contributed by atoms with Crippen molar-refractivity contribution < 1.29 is 8.42 Å². The maximum Gasteiger partial charge on any atom is 0.279 e. The molecule has 0 spiro atoms. The first kappa shape index (κ1) is 16.2. The van der Waals surface area contributed by atoms with E-state index in [1.54, 1.807) is 7.05 Å². The van der Waals surface area contributed by atoms with Crippen LogP contribution >= 0.6 is 0 Å². The Morgan fingerprint density at radius 1 is 1.30 bits per heavy atom. The van der Waals surface area contributed by atoms with Crippen LogP contribution in [0.1, 0.15) is 46.0 Å². The molecule has 2 aliphatic carbocycles. The second-order valence-corrected chi connectivity index (χ2v) is 8.61. The predicted octanol–water partition coefficient (Wildman–Crippen LogP) is 1.33. The van der Waals surface area contributed by atoms with E-state index in [1.165, 1.54) is 17.1 Å². The van der Waals surface area contributed by atoms with Gasteiger partial charge in [-0.2, -0.15) is 12.7 Å². The topological polar surface area (TPSA) is 61.4 Å². The van der Waals surface area contributed by atoms with Gasteiger partial charge in [0.15, 0.2) is 0 Å². The standard InChI is InChI=1S/C14H29N3O2S/c1-12(2)14(7-8-14)11-16-20(18,19)17(3)10-4-9-15-13-5-6-13/h12-13,15-16H,4-11H2,1-3H3. The zero-order valence-electron chi connectivity index (χ0n) is 13.0. The van der Waals surface area contributed by atoms with Crippen LogP contribution in [0.15, 0.2) is 0 Å². The smallest absolute Gasteiger partial charge is 0.279 e. The van der Waals surface area contributed by atoms with Gasteiger partial charge in [0.05, 0.1) is 0 Å². The summed E-state index contributed by atoms with van der Waals surface area (Å²) in [6.07, 6.45) is 5.69. The first-order chi connectivity index (χ1) is 9.36. The Balaban J connectivity index is 1.68. The molecule has 2 saturated carbocycles. The monoisotopic (exact) mass is 303 g/mol. The molecule has 20 heavy (non-hydrogen) atoms. The van der Waals surface area contributed by atoms with E-state index in [0.717, 1.165) is 25.8 Å². The molecule has 0 aromatic carbocycles. The van der Waals surface area contributed by atoms with Gasteiger partial charge in [0, 0.05) is 26.2 Å². The average molecular weight is 303 g/mol. The SMILES string of the molecule is CC(C)C1(CNS(=O)(=O)N(C)CCCNC2CC2)CC1. The summed E-state index contributed by atoms with van der Waals surface area (Å²) >= 11 is 0. The Morgan fingerprint density at radius 2 is 1.95 bits per heavy atom. The van der Waals surface area contributed by atoms with E-state index in [4.69, 9.17) is 0 Å². The van der Waals surface area contributed by atoms with Gasteiger partial charge in [-0.25, -0.2) is 4.72 Å². The third kappa shape index (κ3) is 4.41. The fourth-order valence-electron chi connectivity index (χ4n) is 2.48. The fraction of sp³-hybridized carbons (Fsp3) is 1.00. The molecule has 5 nitrogen and oxygen atoms in total. The van der Waals surface area contributed by atoms with Crippen molar-refractivity contribution in [3.63, 3.8) is 0 Å². The normalized spacial score (nSPS) is 21.6. The Morgan fingerprint density at radius 3 is 2.45 bits per heavy atom. The minimum atomic E-state index is -3.32. The first-order valence-electron chi connectivity index (χ1n) is 7.80. The summed E-state index contributed by atoms with van der Waals surface area (Å²) in [6.45, 7) is 6.41. The summed E-state index contributed by atoms with van der Waals surface area (Å²) in [7, 11) is -1.66. The molecule has 2 fully saturated rings. The van der Waals surface area contributed by atoms with Crippen LogP contribution in [0.2, 0.25) is 0 Å². The Bertz CT molecular complexity index is 414. The van der Waals surface area contributed by atoms with Gasteiger partial charge in [-0.05, 0) is 50.0 Å². The highest BCUT2D eigenvalue weighted by Crippen LogP contribution is 2.51. The van der Waals surface area contributed by atoms with Gasteiger partial charge in [0.2, 0.25) is 0 Å². The van der Waals surface area contributed by atoms with Gasteiger partial charge >= 0.3 is 0 Å². The summed E-state index contributed by atoms with van der Waals surface area (Å²) in [5.74, 6) is 0.540. The molecule has 0 aliphatic heterocycles. The molecule has 0 aromatic rings. The molecule has 0 heterocycles. The van der Waals surface area contributed by atoms with Crippen molar-refractivity contribution in [1.82, 2.24) is 14.3 Å². The van der Waals surface area contributed by atoms with Crippen molar-refractivity contribution in [2.45, 2.75) is 52.0 Å². The number of rotatable bonds is 10. The largest absolute Gasteiger partial charge is 0.314 e. The van der Waals surface area contributed by atoms with Crippen LogP contribution in [0, 0.1) is 11.3 Å². The molecule has 2 N–H and O–H groups in total. The molecule has 0 radical (unpaired) electrons. The van der Waals surface area contributed by atoms with Crippen LogP contribution in [0.25, 0.3) is 0 Å². The predicted molar refractivity (Wildman–Crippen MR) is 81.7 cm³/mol. The van der Waals surface area contributed by atoms with Gasteiger partial charge in [0.1, 0.15) is 0 Å². The van der Waals surface area contributed by atoms with Gasteiger partial charge in [-0.15, -0.1) is 0 Å². The number of nitrogens with zero attached hydrogens (tertiary/aromatic N) is 1. The third-order valence-electron chi connectivity index (χ3n) is 4.79. The minimum absolute atomic E-state index is 0.210. The third-order valence-corrected chi connectivity index (χ3v) is 6.31. The van der Waals surface area contributed by atoms with Crippen molar-refractivity contribution in [2.75, 3.05) is 26.7 Å². The van der Waals surface area contributed by atoms with Crippen LogP contribution in [-0.2, 0) is 10.2 Å². The van der Waals surface area contributed by atoms with E-state index in [0.29, 0.717) is 25.0 Å². The Hall–Kier alpha value is -0.170. The van der Waals surface area contributed by atoms with E-state index in [-0.39, 0.29) is 5.41 Å². The molecule has 0 amide bonds. The molecule has 2 rings (SSSR count). The van der Waals surface area contributed by atoms with Crippen molar-refractivity contribution >= 4 is 10.2 Å². The number of hydrogen-bond acceptors (Lipinski definition) is 3. The lowest BCUT2D eigenvalue weighted by Crippen LogP contribution is -2.42. The summed E-state index contributed by atoms with van der Waals surface area (Å²) in [5, 5.41) is 3.40. The summed E-state index contributed by atoms with van der Waals surface area (Å²) in [6, 6.07) is 0.691. The summed E-state index contributed by atoms with van der Waals surface area (Å²) in [4.78, 5) is 0. The second kappa shape index (κ2) is 6.30. The lowest BCUT2D eigenvalue weighted by Gasteiger charge is -2.23. The average Bonchev–Trinajstić information content (AvgIpc) is 3.26. The van der Waals surface area contributed by atoms with Crippen molar-refractivity contribution in [3.05, 3.63) is 0 Å². The highest BCUT2D eigenvalue weighted by atomic mass is 32.2. The van der Waals surface area contributed by atoms with Gasteiger partial charge in [0.25, 0.3) is 10.2 Å². The van der Waals surface area contributed by atoms with Crippen LogP contribution in [0.4, 0.5) is 0 Å². The molecule has 0 bridgehead atoms. The highest BCUT2D eigenvalue weighted by Gasteiger charge is 2.45. The lowest BCUT2D eigenvalue weighted by molar-refractivity contribution is 0.351. The molecule has 0 saturated heterocycles. The molecule has 0 unspecified atom stereocenters. The summed E-state index contributed by atoms with van der Waals surface area (Å²) < 4.78 is 28.5. The minimum Gasteiger partial charge on any atom is -0.314 e. The summed E-state index contributed by atoms with van der Waals surface area (Å²) in [5.41, 5.74) is 0.210. The Kier molecular flexibility index (Phi) is 5.10. The zero-order valence-corrected chi connectivity index (χ0v) is 13.8. The van der Waals surface area contributed by atoms with Crippen LogP contribution in [-0.4, -0.2) is 45.4 Å². The Labute approximate surface area is 123 Å². The van der Waals surface area contributed by atoms with Gasteiger partial charge in [-0.3, -0.25) is 0 Å². The molecule has 2 aliphatic rings. The molecule has 118 valence electrons. The van der Waals surface area contributed by atoms with Crippen LogP contribution in [0.5, 0.6) is 0 Å². The van der Waals surface area contributed by atoms with Gasteiger partial charge in [-0.1, -0.05) is 13.8 Å². The first-order valence-corrected chi connectivity index (χ1v) is 9.24. The van der Waals surface area contributed by atoms with Crippen LogP contribution in [0.3, 0.4) is 0 Å². The maximum absolute atomic E-state index is 12.2. The fourth-order valence-corrected chi connectivity index (χ4v) is 3.54. The van der Waals surface area contributed by atoms with Crippen molar-refractivity contribution in [2.24, 2.45) is 11.3 Å². The molecule has 0 aromatic heterocycles. The second-order valence-electron chi connectivity index (χ2n) is 6.75. The molecule has 0 atom stereocenters.